The van der Waals surface area contributed by atoms with Gasteiger partial charge in [0, 0.05) is 19.6 Å². The van der Waals surface area contributed by atoms with Crippen LogP contribution in [0.3, 0.4) is 0 Å². The van der Waals surface area contributed by atoms with E-state index in [1.165, 1.54) is 18.9 Å². The first-order valence-electron chi connectivity index (χ1n) is 8.95. The molecule has 0 aromatic carbocycles. The average molecular weight is 370 g/mol. The number of likely N-dealkylation sites (N-methyl/N-ethyl adjacent to an activating group) is 1. The highest BCUT2D eigenvalue weighted by Gasteiger charge is 2.59. The lowest BCUT2D eigenvalue weighted by molar-refractivity contribution is -0.141. The summed E-state index contributed by atoms with van der Waals surface area (Å²) in [6.07, 6.45) is -0.276. The number of hydrogen-bond acceptors (Lipinski definition) is 6. The lowest BCUT2D eigenvalue weighted by Gasteiger charge is -2.46. The van der Waals surface area contributed by atoms with Crippen molar-refractivity contribution in [2.45, 2.75) is 69.9 Å². The highest BCUT2D eigenvalue weighted by molar-refractivity contribution is 5.96. The first kappa shape index (κ1) is 20.4. The predicted octanol–water partition coefficient (Wildman–Crippen LogP) is -0.660. The Morgan fingerprint density at radius 3 is 2.54 bits per heavy atom. The van der Waals surface area contributed by atoms with Crippen molar-refractivity contribution in [3.8, 4) is 0 Å². The first-order chi connectivity index (χ1) is 12.0. The number of rotatable bonds is 5. The molecule has 3 amide bonds. The van der Waals surface area contributed by atoms with Gasteiger partial charge in [0.15, 0.2) is 0 Å². The Hall–Kier alpha value is -1.87. The molecule has 2 heterocycles. The molecule has 2 aliphatic rings. The second-order valence-corrected chi connectivity index (χ2v) is 8.00. The fourth-order valence-electron chi connectivity index (χ4n) is 3.49. The smallest absolute Gasteiger partial charge is 0.411 e. The summed E-state index contributed by atoms with van der Waals surface area (Å²) in [5, 5.41) is 18.1. The molecule has 2 saturated heterocycles. The number of aliphatic hydroxyl groups is 1. The van der Waals surface area contributed by atoms with E-state index >= 15 is 0 Å². The van der Waals surface area contributed by atoms with Crippen LogP contribution in [-0.2, 0) is 14.3 Å². The Kier molecular flexibility index (Phi) is 5.82. The molecule has 4 N–H and O–H groups in total. The molecule has 9 heteroatoms. The van der Waals surface area contributed by atoms with Crippen molar-refractivity contribution in [2.24, 2.45) is 0 Å². The molecule has 26 heavy (non-hydrogen) atoms. The van der Waals surface area contributed by atoms with Crippen LogP contribution in [0.5, 0.6) is 0 Å². The van der Waals surface area contributed by atoms with Crippen LogP contribution in [0.15, 0.2) is 0 Å². The van der Waals surface area contributed by atoms with Crippen molar-refractivity contribution in [1.29, 1.82) is 0 Å². The molecule has 9 nitrogen and oxygen atoms in total. The van der Waals surface area contributed by atoms with E-state index in [2.05, 4.69) is 16.0 Å². The Morgan fingerprint density at radius 2 is 2.12 bits per heavy atom. The summed E-state index contributed by atoms with van der Waals surface area (Å²) < 4.78 is 5.50. The van der Waals surface area contributed by atoms with E-state index in [-0.39, 0.29) is 24.4 Å². The number of carbonyl (C=O) groups excluding carboxylic acids is 3. The van der Waals surface area contributed by atoms with Crippen LogP contribution in [0.25, 0.3) is 0 Å². The molecule has 0 aromatic rings. The first-order valence-corrected chi connectivity index (χ1v) is 8.95. The van der Waals surface area contributed by atoms with Crippen LogP contribution >= 0.6 is 0 Å². The van der Waals surface area contributed by atoms with Crippen molar-refractivity contribution in [2.75, 3.05) is 20.1 Å². The van der Waals surface area contributed by atoms with Crippen LogP contribution in [-0.4, -0.2) is 77.4 Å². The maximum atomic E-state index is 12.8. The zero-order valence-corrected chi connectivity index (χ0v) is 16.1. The molecule has 4 atom stereocenters. The van der Waals surface area contributed by atoms with Crippen molar-refractivity contribution in [1.82, 2.24) is 20.9 Å². The number of aliphatic hydroxyl groups excluding tert-OH is 1. The van der Waals surface area contributed by atoms with Crippen molar-refractivity contribution in [3.63, 3.8) is 0 Å². The molecule has 1 spiro atoms. The van der Waals surface area contributed by atoms with Gasteiger partial charge in [-0.05, 0) is 40.5 Å². The lowest BCUT2D eigenvalue weighted by Crippen LogP contribution is -2.73. The maximum absolute atomic E-state index is 12.8. The summed E-state index contributed by atoms with van der Waals surface area (Å²) >= 11 is 0. The second-order valence-electron chi connectivity index (χ2n) is 8.00. The minimum Gasteiger partial charge on any atom is -0.444 e. The number of ether oxygens (including phenoxy) is 1. The van der Waals surface area contributed by atoms with Gasteiger partial charge in [0.05, 0.1) is 12.6 Å². The number of amides is 3. The zero-order chi connectivity index (χ0) is 19.7. The normalized spacial score (nSPS) is 27.5. The van der Waals surface area contributed by atoms with Crippen molar-refractivity contribution in [3.05, 3.63) is 0 Å². The molecule has 0 bridgehead atoms. The Labute approximate surface area is 153 Å². The highest BCUT2D eigenvalue weighted by Crippen LogP contribution is 2.38. The van der Waals surface area contributed by atoms with Crippen LogP contribution < -0.4 is 16.0 Å². The molecule has 0 aromatic heterocycles. The Balaban J connectivity index is 2.14. The SMILES string of the molecule is CNC(=O)C(NCC1CCC2(CNC2=O)N1C(=O)OC(C)(C)C)C(C)O. The van der Waals surface area contributed by atoms with Crippen LogP contribution in [0.1, 0.15) is 40.5 Å². The van der Waals surface area contributed by atoms with Gasteiger partial charge < -0.3 is 25.8 Å². The van der Waals surface area contributed by atoms with Gasteiger partial charge in [-0.2, -0.15) is 0 Å². The number of nitrogens with one attached hydrogen (secondary N) is 3. The fraction of sp³-hybridized carbons (Fsp3) is 0.824. The number of likely N-dealkylation sites (tertiary alicyclic amines) is 1. The molecule has 2 fully saturated rings. The van der Waals surface area contributed by atoms with Gasteiger partial charge in [0.25, 0.3) is 0 Å². The van der Waals surface area contributed by atoms with Crippen LogP contribution in [0.4, 0.5) is 4.79 Å². The van der Waals surface area contributed by atoms with Gasteiger partial charge in [0.1, 0.15) is 17.2 Å². The quantitative estimate of drug-likeness (QED) is 0.477. The molecule has 4 unspecified atom stereocenters. The minimum absolute atomic E-state index is 0.177. The standard InChI is InChI=1S/C17H30N4O5/c1-10(22)12(13(23)18-5)19-8-11-6-7-17(9-20-14(17)24)21(11)15(25)26-16(2,3)4/h10-12,19,22H,6-9H2,1-5H3,(H,18,23)(H,20,24). The van der Waals surface area contributed by atoms with Gasteiger partial charge in [0.2, 0.25) is 11.8 Å². The monoisotopic (exact) mass is 370 g/mol. The largest absolute Gasteiger partial charge is 0.444 e. The number of carbonyl (C=O) groups is 3. The molecule has 2 rings (SSSR count). The van der Waals surface area contributed by atoms with Crippen molar-refractivity contribution < 1.29 is 24.2 Å². The molecular weight excluding hydrogens is 340 g/mol. The van der Waals surface area contributed by atoms with E-state index in [9.17, 15) is 19.5 Å². The lowest BCUT2D eigenvalue weighted by atomic mass is 9.88. The third kappa shape index (κ3) is 3.93. The molecule has 0 saturated carbocycles. The summed E-state index contributed by atoms with van der Waals surface area (Å²) in [7, 11) is 1.50. The topological polar surface area (TPSA) is 120 Å². The average Bonchev–Trinajstić information content (AvgIpc) is 2.93. The second kappa shape index (κ2) is 7.40. The van der Waals surface area contributed by atoms with E-state index in [0.717, 1.165) is 0 Å². The van der Waals surface area contributed by atoms with E-state index in [0.29, 0.717) is 19.4 Å². The molecular formula is C17H30N4O5. The molecule has 0 radical (unpaired) electrons. The van der Waals surface area contributed by atoms with Gasteiger partial charge in [-0.1, -0.05) is 0 Å². The third-order valence-electron chi connectivity index (χ3n) is 4.86. The van der Waals surface area contributed by atoms with Crippen LogP contribution in [0, 0.1) is 0 Å². The van der Waals surface area contributed by atoms with E-state index in [1.807, 2.05) is 0 Å². The summed E-state index contributed by atoms with van der Waals surface area (Å²) in [5.41, 5.74) is -1.55. The van der Waals surface area contributed by atoms with E-state index in [4.69, 9.17) is 4.74 Å². The summed E-state index contributed by atoms with van der Waals surface area (Å²) in [4.78, 5) is 38.4. The van der Waals surface area contributed by atoms with Gasteiger partial charge in [-0.25, -0.2) is 4.79 Å². The molecule has 2 aliphatic heterocycles. The zero-order valence-electron chi connectivity index (χ0n) is 16.1. The minimum atomic E-state index is -0.896. The Bertz CT molecular complexity index is 574. The fourth-order valence-corrected chi connectivity index (χ4v) is 3.49. The predicted molar refractivity (Wildman–Crippen MR) is 94.4 cm³/mol. The summed E-state index contributed by atoms with van der Waals surface area (Å²) in [6, 6.07) is -1.10. The Morgan fingerprint density at radius 1 is 1.46 bits per heavy atom. The van der Waals surface area contributed by atoms with E-state index < -0.39 is 29.4 Å². The summed E-state index contributed by atoms with van der Waals surface area (Å²) in [5.74, 6) is -0.512. The van der Waals surface area contributed by atoms with Gasteiger partial charge in [-0.3, -0.25) is 14.5 Å². The van der Waals surface area contributed by atoms with Gasteiger partial charge in [-0.15, -0.1) is 0 Å². The van der Waals surface area contributed by atoms with Crippen LogP contribution in [0.2, 0.25) is 0 Å². The van der Waals surface area contributed by atoms with E-state index in [1.54, 1.807) is 20.8 Å². The molecule has 0 aliphatic carbocycles. The number of β-lactam (4-membered cyclic amide) rings is 1. The molecule has 148 valence electrons. The number of nitrogens with zero attached hydrogens (tertiary/aromatic N) is 1. The number of hydrogen-bond donors (Lipinski definition) is 4. The maximum Gasteiger partial charge on any atom is 0.411 e. The third-order valence-corrected chi connectivity index (χ3v) is 4.86. The van der Waals surface area contributed by atoms with Crippen molar-refractivity contribution >= 4 is 17.9 Å². The van der Waals surface area contributed by atoms with Gasteiger partial charge >= 0.3 is 6.09 Å². The highest BCUT2D eigenvalue weighted by atomic mass is 16.6. The summed E-state index contributed by atoms with van der Waals surface area (Å²) in [6.45, 7) is 7.52.